The van der Waals surface area contributed by atoms with Crippen molar-refractivity contribution in [3.63, 3.8) is 0 Å². The molecule has 0 radical (unpaired) electrons. The number of rotatable bonds is 2. The standard InChI is InChI=1S/C14H20N4O2S/c1-13-5-18(6-14(13,2)8-20-7-13)12(19)16-11-15-10(17-21-11)9-3-4-9/h9H,3-8H2,1-2H3,(H,15,16,17,19)/t13-,14+. The number of anilines is 1. The van der Waals surface area contributed by atoms with Gasteiger partial charge in [-0.1, -0.05) is 13.8 Å². The van der Waals surface area contributed by atoms with Crippen LogP contribution >= 0.6 is 11.5 Å². The van der Waals surface area contributed by atoms with Crippen LogP contribution in [0.25, 0.3) is 0 Å². The van der Waals surface area contributed by atoms with Gasteiger partial charge in [-0.3, -0.25) is 5.32 Å². The van der Waals surface area contributed by atoms with Gasteiger partial charge in [-0.05, 0) is 12.8 Å². The number of amides is 2. The molecular formula is C14H20N4O2S. The number of hydrogen-bond donors (Lipinski definition) is 1. The van der Waals surface area contributed by atoms with Crippen LogP contribution in [0.2, 0.25) is 0 Å². The van der Waals surface area contributed by atoms with Crippen molar-refractivity contribution in [1.29, 1.82) is 0 Å². The molecule has 7 heteroatoms. The molecule has 1 aromatic heterocycles. The van der Waals surface area contributed by atoms with Gasteiger partial charge in [-0.2, -0.15) is 4.37 Å². The molecule has 0 unspecified atom stereocenters. The average Bonchev–Trinajstić information content (AvgIpc) is 3.02. The lowest BCUT2D eigenvalue weighted by Crippen LogP contribution is -2.35. The first-order valence-electron chi connectivity index (χ1n) is 7.46. The summed E-state index contributed by atoms with van der Waals surface area (Å²) in [5.74, 6) is 1.41. The number of fused-ring (bicyclic) bond motifs is 1. The molecule has 1 saturated carbocycles. The summed E-state index contributed by atoms with van der Waals surface area (Å²) >= 11 is 1.28. The molecule has 0 aromatic carbocycles. The van der Waals surface area contributed by atoms with E-state index in [0.29, 0.717) is 11.0 Å². The van der Waals surface area contributed by atoms with Crippen LogP contribution in [-0.2, 0) is 4.74 Å². The highest BCUT2D eigenvalue weighted by Gasteiger charge is 2.57. The summed E-state index contributed by atoms with van der Waals surface area (Å²) in [5.41, 5.74) is 0.120. The molecule has 21 heavy (non-hydrogen) atoms. The predicted molar refractivity (Wildman–Crippen MR) is 79.5 cm³/mol. The maximum Gasteiger partial charge on any atom is 0.323 e. The lowest BCUT2D eigenvalue weighted by Gasteiger charge is -2.29. The van der Waals surface area contributed by atoms with E-state index in [1.807, 2.05) is 4.90 Å². The first kappa shape index (κ1) is 13.5. The maximum atomic E-state index is 12.4. The molecule has 1 N–H and O–H groups in total. The Balaban J connectivity index is 1.43. The van der Waals surface area contributed by atoms with Crippen LogP contribution in [0.15, 0.2) is 0 Å². The third kappa shape index (κ3) is 2.14. The fraction of sp³-hybridized carbons (Fsp3) is 0.786. The smallest absolute Gasteiger partial charge is 0.323 e. The zero-order valence-electron chi connectivity index (χ0n) is 12.4. The fourth-order valence-corrected chi connectivity index (χ4v) is 3.97. The van der Waals surface area contributed by atoms with Crippen LogP contribution in [0.4, 0.5) is 9.93 Å². The zero-order valence-corrected chi connectivity index (χ0v) is 13.2. The molecule has 1 aromatic rings. The van der Waals surface area contributed by atoms with Crippen molar-refractivity contribution >= 4 is 22.7 Å². The Hall–Kier alpha value is -1.21. The van der Waals surface area contributed by atoms with Gasteiger partial charge in [0.25, 0.3) is 0 Å². The lowest BCUT2D eigenvalue weighted by molar-refractivity contribution is 0.136. The molecule has 2 saturated heterocycles. The summed E-state index contributed by atoms with van der Waals surface area (Å²) in [6.07, 6.45) is 2.35. The molecule has 2 amide bonds. The van der Waals surface area contributed by atoms with E-state index in [4.69, 9.17) is 4.74 Å². The van der Waals surface area contributed by atoms with E-state index in [0.717, 1.165) is 32.1 Å². The van der Waals surface area contributed by atoms with Crippen molar-refractivity contribution in [3.8, 4) is 0 Å². The van der Waals surface area contributed by atoms with Crippen molar-refractivity contribution in [2.24, 2.45) is 10.8 Å². The Morgan fingerprint density at radius 3 is 2.62 bits per heavy atom. The highest BCUT2D eigenvalue weighted by atomic mass is 32.1. The second kappa shape index (κ2) is 4.39. The van der Waals surface area contributed by atoms with E-state index < -0.39 is 0 Å². The third-order valence-corrected chi connectivity index (χ3v) is 5.91. The summed E-state index contributed by atoms with van der Waals surface area (Å²) in [5, 5.41) is 3.52. The van der Waals surface area contributed by atoms with Gasteiger partial charge in [0.05, 0.1) is 13.2 Å². The van der Waals surface area contributed by atoms with Gasteiger partial charge in [-0.15, -0.1) is 0 Å². The molecule has 2 aliphatic heterocycles. The minimum Gasteiger partial charge on any atom is -0.380 e. The summed E-state index contributed by atoms with van der Waals surface area (Å²) in [4.78, 5) is 18.7. The number of hydrogen-bond acceptors (Lipinski definition) is 5. The van der Waals surface area contributed by atoms with Gasteiger partial charge >= 0.3 is 6.03 Å². The molecule has 3 aliphatic rings. The van der Waals surface area contributed by atoms with Crippen LogP contribution in [-0.4, -0.2) is 46.6 Å². The first-order chi connectivity index (χ1) is 9.99. The molecule has 2 atom stereocenters. The Labute approximate surface area is 128 Å². The molecule has 1 aliphatic carbocycles. The van der Waals surface area contributed by atoms with E-state index in [9.17, 15) is 4.79 Å². The second-order valence-electron chi connectivity index (χ2n) is 7.13. The highest BCUT2D eigenvalue weighted by molar-refractivity contribution is 7.09. The minimum atomic E-state index is -0.0645. The number of ether oxygens (including phenoxy) is 1. The molecule has 6 nitrogen and oxygen atoms in total. The Morgan fingerprint density at radius 2 is 2.00 bits per heavy atom. The molecule has 0 spiro atoms. The second-order valence-corrected chi connectivity index (χ2v) is 7.88. The van der Waals surface area contributed by atoms with Gasteiger partial charge in [0, 0.05) is 41.4 Å². The van der Waals surface area contributed by atoms with Gasteiger partial charge in [0.1, 0.15) is 5.82 Å². The number of urea groups is 1. The topological polar surface area (TPSA) is 67.3 Å². The number of nitrogens with zero attached hydrogens (tertiary/aromatic N) is 3. The number of aromatic nitrogens is 2. The molecule has 3 fully saturated rings. The van der Waals surface area contributed by atoms with Crippen molar-refractivity contribution in [2.45, 2.75) is 32.6 Å². The van der Waals surface area contributed by atoms with E-state index in [2.05, 4.69) is 28.5 Å². The molecule has 0 bridgehead atoms. The monoisotopic (exact) mass is 308 g/mol. The first-order valence-corrected chi connectivity index (χ1v) is 8.24. The number of carbonyl (C=O) groups excluding carboxylic acids is 1. The van der Waals surface area contributed by atoms with Crippen molar-refractivity contribution in [2.75, 3.05) is 31.6 Å². The Kier molecular flexibility index (Phi) is 2.81. The zero-order chi connectivity index (χ0) is 14.7. The van der Waals surface area contributed by atoms with Crippen LogP contribution in [0.1, 0.15) is 38.4 Å². The van der Waals surface area contributed by atoms with Crippen LogP contribution < -0.4 is 5.32 Å². The van der Waals surface area contributed by atoms with E-state index in [1.54, 1.807) is 0 Å². The van der Waals surface area contributed by atoms with E-state index in [-0.39, 0.29) is 16.9 Å². The number of carbonyl (C=O) groups is 1. The molecule has 114 valence electrons. The lowest BCUT2D eigenvalue weighted by atomic mass is 9.71. The maximum absolute atomic E-state index is 12.4. The fourth-order valence-electron chi connectivity index (χ4n) is 3.33. The van der Waals surface area contributed by atoms with E-state index >= 15 is 0 Å². The predicted octanol–water partition coefficient (Wildman–Crippen LogP) is 2.31. The van der Waals surface area contributed by atoms with Crippen molar-refractivity contribution in [1.82, 2.24) is 14.3 Å². The minimum absolute atomic E-state index is 0.0602. The summed E-state index contributed by atoms with van der Waals surface area (Å²) < 4.78 is 9.94. The van der Waals surface area contributed by atoms with Gasteiger partial charge in [0.15, 0.2) is 0 Å². The van der Waals surface area contributed by atoms with Gasteiger partial charge in [0.2, 0.25) is 5.13 Å². The summed E-state index contributed by atoms with van der Waals surface area (Å²) in [7, 11) is 0. The van der Waals surface area contributed by atoms with Crippen LogP contribution in [0, 0.1) is 10.8 Å². The summed E-state index contributed by atoms with van der Waals surface area (Å²) in [6.45, 7) is 7.37. The molecule has 3 heterocycles. The molecule has 4 rings (SSSR count). The number of likely N-dealkylation sites (tertiary alicyclic amines) is 1. The quantitative estimate of drug-likeness (QED) is 0.910. The van der Waals surface area contributed by atoms with Gasteiger partial charge < -0.3 is 9.64 Å². The Bertz CT molecular complexity index is 569. The molecular weight excluding hydrogens is 288 g/mol. The van der Waals surface area contributed by atoms with Crippen molar-refractivity contribution < 1.29 is 9.53 Å². The Morgan fingerprint density at radius 1 is 1.33 bits per heavy atom. The largest absolute Gasteiger partial charge is 0.380 e. The third-order valence-electron chi connectivity index (χ3n) is 5.26. The average molecular weight is 308 g/mol. The number of nitrogens with one attached hydrogen (secondary N) is 1. The summed E-state index contributed by atoms with van der Waals surface area (Å²) in [6, 6.07) is -0.0645. The van der Waals surface area contributed by atoms with Gasteiger partial charge in [-0.25, -0.2) is 9.78 Å². The highest BCUT2D eigenvalue weighted by Crippen LogP contribution is 2.50. The normalized spacial score (nSPS) is 35.0. The van der Waals surface area contributed by atoms with Crippen molar-refractivity contribution in [3.05, 3.63) is 5.82 Å². The van der Waals surface area contributed by atoms with E-state index in [1.165, 1.54) is 24.4 Å². The van der Waals surface area contributed by atoms with Crippen LogP contribution in [0.3, 0.4) is 0 Å². The van der Waals surface area contributed by atoms with Crippen LogP contribution in [0.5, 0.6) is 0 Å². The SMILES string of the molecule is C[C@@]12COC[C@]1(C)CN(C(=O)Nc1nc(C3CC3)ns1)C2.